The van der Waals surface area contributed by atoms with Crippen molar-refractivity contribution in [1.29, 1.82) is 0 Å². The number of fused-ring (bicyclic) bond motifs is 1. The highest BCUT2D eigenvalue weighted by atomic mass is 16.1. The third-order valence-corrected chi connectivity index (χ3v) is 3.64. The van der Waals surface area contributed by atoms with Gasteiger partial charge in [-0.05, 0) is 37.6 Å². The van der Waals surface area contributed by atoms with Crippen LogP contribution in [0.25, 0.3) is 5.65 Å². The minimum atomic E-state index is -0.0571. The summed E-state index contributed by atoms with van der Waals surface area (Å²) in [7, 11) is 0. The Balaban J connectivity index is 1.82. The quantitative estimate of drug-likeness (QED) is 0.801. The van der Waals surface area contributed by atoms with Crippen LogP contribution in [0.2, 0.25) is 0 Å². The van der Waals surface area contributed by atoms with Crippen LogP contribution in [-0.2, 0) is 6.54 Å². The third-order valence-electron chi connectivity index (χ3n) is 3.64. The van der Waals surface area contributed by atoms with Crippen molar-refractivity contribution in [1.82, 2.24) is 14.7 Å². The second kappa shape index (κ2) is 5.40. The summed E-state index contributed by atoms with van der Waals surface area (Å²) >= 11 is 0. The van der Waals surface area contributed by atoms with E-state index in [1.807, 2.05) is 66.9 Å². The summed E-state index contributed by atoms with van der Waals surface area (Å²) in [5, 5.41) is 2.98. The van der Waals surface area contributed by atoms with Crippen molar-refractivity contribution in [2.45, 2.75) is 20.4 Å². The summed E-state index contributed by atoms with van der Waals surface area (Å²) in [6.07, 6.45) is 1.96. The van der Waals surface area contributed by atoms with Crippen LogP contribution in [0, 0.1) is 13.8 Å². The molecule has 0 bridgehead atoms. The van der Waals surface area contributed by atoms with E-state index in [1.54, 1.807) is 0 Å². The van der Waals surface area contributed by atoms with Crippen molar-refractivity contribution < 1.29 is 4.79 Å². The summed E-state index contributed by atoms with van der Waals surface area (Å²) in [6, 6.07) is 13.5. The highest BCUT2D eigenvalue weighted by Crippen LogP contribution is 2.12. The van der Waals surface area contributed by atoms with Gasteiger partial charge in [-0.3, -0.25) is 4.79 Å². The zero-order valence-electron chi connectivity index (χ0n) is 12.1. The number of nitrogens with zero attached hydrogens (tertiary/aromatic N) is 2. The molecule has 0 unspecified atom stereocenters. The molecule has 1 aromatic carbocycles. The monoisotopic (exact) mass is 279 g/mol. The zero-order valence-corrected chi connectivity index (χ0v) is 12.1. The van der Waals surface area contributed by atoms with E-state index in [-0.39, 0.29) is 5.91 Å². The zero-order chi connectivity index (χ0) is 14.8. The van der Waals surface area contributed by atoms with E-state index in [0.717, 1.165) is 22.6 Å². The number of nitrogens with one attached hydrogen (secondary N) is 1. The van der Waals surface area contributed by atoms with Crippen LogP contribution >= 0.6 is 0 Å². The lowest BCUT2D eigenvalue weighted by Crippen LogP contribution is -2.24. The fourth-order valence-corrected chi connectivity index (χ4v) is 2.46. The summed E-state index contributed by atoms with van der Waals surface area (Å²) in [6.45, 7) is 4.36. The molecule has 1 amide bonds. The Kier molecular flexibility index (Phi) is 3.44. The summed E-state index contributed by atoms with van der Waals surface area (Å²) in [5.41, 5.74) is 4.53. The van der Waals surface area contributed by atoms with E-state index in [4.69, 9.17) is 0 Å². The molecule has 0 atom stereocenters. The number of aryl methyl sites for hydroxylation is 2. The third kappa shape index (κ3) is 2.52. The van der Waals surface area contributed by atoms with Crippen LogP contribution in [-0.4, -0.2) is 15.3 Å². The molecule has 106 valence electrons. The molecular formula is C17H17N3O. The predicted molar refractivity (Wildman–Crippen MR) is 82.3 cm³/mol. The number of rotatable bonds is 3. The van der Waals surface area contributed by atoms with Gasteiger partial charge in [-0.15, -0.1) is 0 Å². The molecule has 1 N–H and O–H groups in total. The molecule has 3 aromatic rings. The molecule has 2 aromatic heterocycles. The first kappa shape index (κ1) is 13.4. The molecule has 0 aliphatic heterocycles. The first-order valence-corrected chi connectivity index (χ1v) is 6.93. The lowest BCUT2D eigenvalue weighted by Gasteiger charge is -2.08. The Labute approximate surface area is 123 Å². The maximum absolute atomic E-state index is 12.3. The van der Waals surface area contributed by atoms with Gasteiger partial charge in [0, 0.05) is 11.8 Å². The average molecular weight is 279 g/mol. The number of pyridine rings is 1. The SMILES string of the molecule is Cc1ccccc1C(=O)NCc1c(C)nc2ccccn12. The minimum Gasteiger partial charge on any atom is -0.346 e. The Bertz CT molecular complexity index is 805. The van der Waals surface area contributed by atoms with Crippen molar-refractivity contribution in [3.63, 3.8) is 0 Å². The topological polar surface area (TPSA) is 46.4 Å². The van der Waals surface area contributed by atoms with Crippen LogP contribution < -0.4 is 5.32 Å². The first-order valence-electron chi connectivity index (χ1n) is 6.93. The van der Waals surface area contributed by atoms with Gasteiger partial charge in [0.05, 0.1) is 17.9 Å². The molecule has 3 rings (SSSR count). The van der Waals surface area contributed by atoms with Crippen LogP contribution in [0.3, 0.4) is 0 Å². The largest absolute Gasteiger partial charge is 0.346 e. The number of hydrogen-bond donors (Lipinski definition) is 1. The smallest absolute Gasteiger partial charge is 0.251 e. The Morgan fingerprint density at radius 3 is 2.71 bits per heavy atom. The fourth-order valence-electron chi connectivity index (χ4n) is 2.46. The Morgan fingerprint density at radius 2 is 1.90 bits per heavy atom. The first-order chi connectivity index (χ1) is 10.2. The molecule has 0 aliphatic carbocycles. The van der Waals surface area contributed by atoms with E-state index >= 15 is 0 Å². The number of aromatic nitrogens is 2. The van der Waals surface area contributed by atoms with Crippen molar-refractivity contribution in [2.75, 3.05) is 0 Å². The van der Waals surface area contributed by atoms with Gasteiger partial charge in [-0.25, -0.2) is 4.98 Å². The lowest BCUT2D eigenvalue weighted by atomic mass is 10.1. The molecule has 0 radical (unpaired) electrons. The van der Waals surface area contributed by atoms with Crippen molar-refractivity contribution in [2.24, 2.45) is 0 Å². The van der Waals surface area contributed by atoms with E-state index < -0.39 is 0 Å². The van der Waals surface area contributed by atoms with Gasteiger partial charge in [0.2, 0.25) is 0 Å². The number of hydrogen-bond acceptors (Lipinski definition) is 2. The number of benzene rings is 1. The van der Waals surface area contributed by atoms with Gasteiger partial charge in [0.15, 0.2) is 0 Å². The predicted octanol–water partition coefficient (Wildman–Crippen LogP) is 2.88. The standard InChI is InChI=1S/C17H17N3O/c1-12-7-3-4-8-14(12)17(21)18-11-15-13(2)19-16-9-5-6-10-20(15)16/h3-10H,11H2,1-2H3,(H,18,21). The second-order valence-corrected chi connectivity index (χ2v) is 5.07. The number of amides is 1. The fraction of sp³-hybridized carbons (Fsp3) is 0.176. The molecule has 4 nitrogen and oxygen atoms in total. The van der Waals surface area contributed by atoms with Gasteiger partial charge < -0.3 is 9.72 Å². The maximum Gasteiger partial charge on any atom is 0.251 e. The van der Waals surface area contributed by atoms with Gasteiger partial charge in [0.1, 0.15) is 5.65 Å². The summed E-state index contributed by atoms with van der Waals surface area (Å²) in [4.78, 5) is 16.8. The molecule has 0 saturated heterocycles. The molecule has 0 aliphatic rings. The van der Waals surface area contributed by atoms with Gasteiger partial charge in [0.25, 0.3) is 5.91 Å². The molecule has 0 fully saturated rings. The number of imidazole rings is 1. The van der Waals surface area contributed by atoms with Crippen LogP contribution in [0.4, 0.5) is 0 Å². The maximum atomic E-state index is 12.3. The van der Waals surface area contributed by atoms with Crippen molar-refractivity contribution in [3.05, 3.63) is 71.2 Å². The highest BCUT2D eigenvalue weighted by molar-refractivity contribution is 5.95. The van der Waals surface area contributed by atoms with Crippen LogP contribution in [0.15, 0.2) is 48.7 Å². The van der Waals surface area contributed by atoms with Gasteiger partial charge >= 0.3 is 0 Å². The van der Waals surface area contributed by atoms with Crippen molar-refractivity contribution >= 4 is 11.6 Å². The summed E-state index contributed by atoms with van der Waals surface area (Å²) < 4.78 is 2.01. The second-order valence-electron chi connectivity index (χ2n) is 5.07. The molecule has 2 heterocycles. The lowest BCUT2D eigenvalue weighted by molar-refractivity contribution is 0.0949. The van der Waals surface area contributed by atoms with Gasteiger partial charge in [-0.1, -0.05) is 24.3 Å². The van der Waals surface area contributed by atoms with Crippen LogP contribution in [0.1, 0.15) is 27.3 Å². The average Bonchev–Trinajstić information content (AvgIpc) is 2.81. The molecular weight excluding hydrogens is 262 g/mol. The molecule has 0 spiro atoms. The summed E-state index contributed by atoms with van der Waals surface area (Å²) in [5.74, 6) is -0.0571. The van der Waals surface area contributed by atoms with E-state index in [1.165, 1.54) is 0 Å². The molecule has 21 heavy (non-hydrogen) atoms. The Morgan fingerprint density at radius 1 is 1.14 bits per heavy atom. The Hall–Kier alpha value is -2.62. The highest BCUT2D eigenvalue weighted by Gasteiger charge is 2.11. The van der Waals surface area contributed by atoms with Crippen LogP contribution in [0.5, 0.6) is 0 Å². The molecule has 4 heteroatoms. The minimum absolute atomic E-state index is 0.0571. The molecule has 0 saturated carbocycles. The van der Waals surface area contributed by atoms with Gasteiger partial charge in [-0.2, -0.15) is 0 Å². The normalized spacial score (nSPS) is 10.8. The van der Waals surface area contributed by atoms with E-state index in [2.05, 4.69) is 10.3 Å². The number of carbonyl (C=O) groups is 1. The van der Waals surface area contributed by atoms with E-state index in [0.29, 0.717) is 12.1 Å². The van der Waals surface area contributed by atoms with E-state index in [9.17, 15) is 4.79 Å². The number of carbonyl (C=O) groups excluding carboxylic acids is 1. The van der Waals surface area contributed by atoms with Crippen molar-refractivity contribution in [3.8, 4) is 0 Å².